The van der Waals surface area contributed by atoms with Crippen molar-refractivity contribution in [3.8, 4) is 0 Å². The van der Waals surface area contributed by atoms with Gasteiger partial charge in [-0.1, -0.05) is 18.2 Å². The lowest BCUT2D eigenvalue weighted by atomic mass is 10.1. The molecule has 1 fully saturated rings. The van der Waals surface area contributed by atoms with Crippen molar-refractivity contribution in [1.29, 1.82) is 0 Å². The van der Waals surface area contributed by atoms with Gasteiger partial charge in [-0.15, -0.1) is 0 Å². The Bertz CT molecular complexity index is 401. The number of para-hydroxylation sites is 1. The van der Waals surface area contributed by atoms with Crippen molar-refractivity contribution < 1.29 is 0 Å². The summed E-state index contributed by atoms with van der Waals surface area (Å²) in [5.74, 6) is 0. The van der Waals surface area contributed by atoms with Crippen LogP contribution in [0.5, 0.6) is 0 Å². The van der Waals surface area contributed by atoms with Gasteiger partial charge < -0.3 is 10.2 Å². The van der Waals surface area contributed by atoms with Crippen molar-refractivity contribution in [1.82, 2.24) is 9.80 Å². The highest BCUT2D eigenvalue weighted by Gasteiger charge is 2.24. The molecule has 106 valence electrons. The van der Waals surface area contributed by atoms with Crippen LogP contribution in [0, 0.1) is 0 Å². The standard InChI is InChI=1S/C16H27N3/c1-13(2)19-10-9-15(12-19)17-16-8-6-5-7-14(16)11-18(3)4/h5-8,13,15,17H,9-12H2,1-4H3. The molecule has 1 saturated heterocycles. The molecular formula is C16H27N3. The van der Waals surface area contributed by atoms with E-state index < -0.39 is 0 Å². The summed E-state index contributed by atoms with van der Waals surface area (Å²) < 4.78 is 0. The van der Waals surface area contributed by atoms with Gasteiger partial charge >= 0.3 is 0 Å². The molecule has 2 rings (SSSR count). The van der Waals surface area contributed by atoms with Gasteiger partial charge in [0, 0.05) is 37.4 Å². The average Bonchev–Trinajstić information content (AvgIpc) is 2.80. The fraction of sp³-hybridized carbons (Fsp3) is 0.625. The summed E-state index contributed by atoms with van der Waals surface area (Å²) in [7, 11) is 4.24. The Labute approximate surface area is 117 Å². The number of rotatable bonds is 5. The topological polar surface area (TPSA) is 18.5 Å². The smallest absolute Gasteiger partial charge is 0.0400 e. The zero-order valence-corrected chi connectivity index (χ0v) is 12.7. The molecule has 1 aromatic carbocycles. The van der Waals surface area contributed by atoms with Crippen molar-refractivity contribution in [2.24, 2.45) is 0 Å². The van der Waals surface area contributed by atoms with E-state index in [-0.39, 0.29) is 0 Å². The van der Waals surface area contributed by atoms with Crippen LogP contribution in [0.3, 0.4) is 0 Å². The quantitative estimate of drug-likeness (QED) is 0.879. The third kappa shape index (κ3) is 3.95. The van der Waals surface area contributed by atoms with Crippen LogP contribution in [-0.4, -0.2) is 49.1 Å². The predicted molar refractivity (Wildman–Crippen MR) is 82.6 cm³/mol. The lowest BCUT2D eigenvalue weighted by molar-refractivity contribution is 0.274. The number of benzene rings is 1. The molecule has 19 heavy (non-hydrogen) atoms. The van der Waals surface area contributed by atoms with E-state index in [1.807, 2.05) is 0 Å². The first-order valence-electron chi connectivity index (χ1n) is 7.29. The van der Waals surface area contributed by atoms with Gasteiger partial charge in [-0.25, -0.2) is 0 Å². The molecule has 0 saturated carbocycles. The summed E-state index contributed by atoms with van der Waals surface area (Å²) in [6, 6.07) is 9.92. The predicted octanol–water partition coefficient (Wildman–Crippen LogP) is 2.64. The number of hydrogen-bond donors (Lipinski definition) is 1. The van der Waals surface area contributed by atoms with Gasteiger partial charge in [0.15, 0.2) is 0 Å². The fourth-order valence-electron chi connectivity index (χ4n) is 2.73. The van der Waals surface area contributed by atoms with E-state index in [0.29, 0.717) is 12.1 Å². The molecule has 3 nitrogen and oxygen atoms in total. The molecule has 0 amide bonds. The van der Waals surface area contributed by atoms with Gasteiger partial charge in [0.2, 0.25) is 0 Å². The lowest BCUT2D eigenvalue weighted by Gasteiger charge is -2.22. The van der Waals surface area contributed by atoms with E-state index in [4.69, 9.17) is 0 Å². The van der Waals surface area contributed by atoms with Gasteiger partial charge in [0.25, 0.3) is 0 Å². The molecule has 0 radical (unpaired) electrons. The highest BCUT2D eigenvalue weighted by atomic mass is 15.2. The molecule has 1 aliphatic rings. The Kier molecular flexibility index (Phi) is 4.83. The molecule has 1 N–H and O–H groups in total. The first-order chi connectivity index (χ1) is 9.06. The lowest BCUT2D eigenvalue weighted by Crippen LogP contribution is -2.31. The molecular weight excluding hydrogens is 234 g/mol. The van der Waals surface area contributed by atoms with E-state index in [1.54, 1.807) is 0 Å². The van der Waals surface area contributed by atoms with Crippen LogP contribution in [0.25, 0.3) is 0 Å². The van der Waals surface area contributed by atoms with Crippen molar-refractivity contribution in [2.45, 2.75) is 38.9 Å². The van der Waals surface area contributed by atoms with Gasteiger partial charge in [-0.2, -0.15) is 0 Å². The van der Waals surface area contributed by atoms with Gasteiger partial charge in [0.1, 0.15) is 0 Å². The molecule has 1 atom stereocenters. The molecule has 3 heteroatoms. The van der Waals surface area contributed by atoms with E-state index in [2.05, 4.69) is 67.3 Å². The Morgan fingerprint density at radius 2 is 2.05 bits per heavy atom. The third-order valence-corrected chi connectivity index (χ3v) is 3.81. The highest BCUT2D eigenvalue weighted by molar-refractivity contribution is 5.52. The van der Waals surface area contributed by atoms with Crippen LogP contribution in [-0.2, 0) is 6.54 Å². The Balaban J connectivity index is 2.00. The molecule has 0 bridgehead atoms. The summed E-state index contributed by atoms with van der Waals surface area (Å²) in [4.78, 5) is 4.77. The first-order valence-corrected chi connectivity index (χ1v) is 7.29. The maximum absolute atomic E-state index is 3.73. The summed E-state index contributed by atoms with van der Waals surface area (Å²) in [6.07, 6.45) is 1.24. The molecule has 0 aromatic heterocycles. The maximum Gasteiger partial charge on any atom is 0.0400 e. The van der Waals surface area contributed by atoms with Gasteiger partial charge in [0.05, 0.1) is 0 Å². The Morgan fingerprint density at radius 3 is 2.68 bits per heavy atom. The normalized spacial score (nSPS) is 20.4. The molecule has 1 aromatic rings. The number of anilines is 1. The van der Waals surface area contributed by atoms with Crippen molar-refractivity contribution in [2.75, 3.05) is 32.5 Å². The largest absolute Gasteiger partial charge is 0.381 e. The second kappa shape index (κ2) is 6.40. The summed E-state index contributed by atoms with van der Waals surface area (Å²) >= 11 is 0. The minimum atomic E-state index is 0.589. The monoisotopic (exact) mass is 261 g/mol. The van der Waals surface area contributed by atoms with Crippen LogP contribution in [0.2, 0.25) is 0 Å². The van der Waals surface area contributed by atoms with E-state index in [1.165, 1.54) is 24.2 Å². The van der Waals surface area contributed by atoms with E-state index in [0.717, 1.165) is 13.1 Å². The van der Waals surface area contributed by atoms with E-state index in [9.17, 15) is 0 Å². The minimum Gasteiger partial charge on any atom is -0.381 e. The third-order valence-electron chi connectivity index (χ3n) is 3.81. The molecule has 1 aliphatic heterocycles. The van der Waals surface area contributed by atoms with Crippen LogP contribution in [0.1, 0.15) is 25.8 Å². The minimum absolute atomic E-state index is 0.589. The van der Waals surface area contributed by atoms with Crippen molar-refractivity contribution in [3.63, 3.8) is 0 Å². The van der Waals surface area contributed by atoms with Crippen molar-refractivity contribution >= 4 is 5.69 Å². The van der Waals surface area contributed by atoms with Gasteiger partial charge in [-0.3, -0.25) is 4.90 Å². The first kappa shape index (κ1) is 14.4. The Morgan fingerprint density at radius 1 is 1.32 bits per heavy atom. The van der Waals surface area contributed by atoms with Crippen molar-refractivity contribution in [3.05, 3.63) is 29.8 Å². The number of hydrogen-bond acceptors (Lipinski definition) is 3. The Hall–Kier alpha value is -1.06. The van der Waals surface area contributed by atoms with Gasteiger partial charge in [-0.05, 0) is 46.0 Å². The molecule has 0 aliphatic carbocycles. The second-order valence-electron chi connectivity index (χ2n) is 6.11. The SMILES string of the molecule is CC(C)N1CCC(Nc2ccccc2CN(C)C)C1. The number of nitrogens with zero attached hydrogens (tertiary/aromatic N) is 2. The van der Waals surface area contributed by atoms with E-state index >= 15 is 0 Å². The molecule has 1 heterocycles. The van der Waals surface area contributed by atoms with Crippen LogP contribution in [0.4, 0.5) is 5.69 Å². The zero-order valence-electron chi connectivity index (χ0n) is 12.7. The maximum atomic E-state index is 3.73. The highest BCUT2D eigenvalue weighted by Crippen LogP contribution is 2.21. The summed E-state index contributed by atoms with van der Waals surface area (Å²) in [5, 5.41) is 3.73. The second-order valence-corrected chi connectivity index (χ2v) is 6.11. The average molecular weight is 261 g/mol. The zero-order chi connectivity index (χ0) is 13.8. The molecule has 0 spiro atoms. The summed E-state index contributed by atoms with van der Waals surface area (Å²) in [6.45, 7) is 7.92. The fourth-order valence-corrected chi connectivity index (χ4v) is 2.73. The number of likely N-dealkylation sites (tertiary alicyclic amines) is 1. The number of nitrogens with one attached hydrogen (secondary N) is 1. The van der Waals surface area contributed by atoms with Crippen LogP contribution in [0.15, 0.2) is 24.3 Å². The molecule has 1 unspecified atom stereocenters. The van der Waals surface area contributed by atoms with Crippen LogP contribution < -0.4 is 5.32 Å². The van der Waals surface area contributed by atoms with Crippen LogP contribution >= 0.6 is 0 Å². The summed E-state index contributed by atoms with van der Waals surface area (Å²) in [5.41, 5.74) is 2.68.